The van der Waals surface area contributed by atoms with E-state index >= 15 is 0 Å². The van der Waals surface area contributed by atoms with E-state index < -0.39 is 5.97 Å². The molecule has 3 rings (SSSR count). The van der Waals surface area contributed by atoms with E-state index in [1.165, 1.54) is 0 Å². The van der Waals surface area contributed by atoms with E-state index in [4.69, 9.17) is 9.72 Å². The summed E-state index contributed by atoms with van der Waals surface area (Å²) < 4.78 is 5.22. The number of fused-ring (bicyclic) bond motifs is 1. The molecule has 2 aromatic rings. The molecule has 0 atom stereocenters. The SMILES string of the molecule is CCOC(=O)c1nc2ccccc2nc1N1CCCN(C(=O)CCC(C)C)CC1. The lowest BCUT2D eigenvalue weighted by Gasteiger charge is -2.24. The lowest BCUT2D eigenvalue weighted by atomic mass is 10.1. The number of benzene rings is 1. The van der Waals surface area contributed by atoms with Gasteiger partial charge in [0.25, 0.3) is 0 Å². The normalized spacial score (nSPS) is 14.9. The van der Waals surface area contributed by atoms with Gasteiger partial charge in [-0.3, -0.25) is 4.79 Å². The van der Waals surface area contributed by atoms with Gasteiger partial charge >= 0.3 is 5.97 Å². The molecule has 1 saturated heterocycles. The Morgan fingerprint density at radius 3 is 2.48 bits per heavy atom. The van der Waals surface area contributed by atoms with Gasteiger partial charge in [-0.15, -0.1) is 0 Å². The van der Waals surface area contributed by atoms with E-state index in [9.17, 15) is 9.59 Å². The number of aromatic nitrogens is 2. The highest BCUT2D eigenvalue weighted by Crippen LogP contribution is 2.23. The van der Waals surface area contributed by atoms with Gasteiger partial charge in [0.2, 0.25) is 5.91 Å². The molecule has 1 aromatic carbocycles. The molecule has 1 aliphatic heterocycles. The van der Waals surface area contributed by atoms with Crippen molar-refractivity contribution in [2.24, 2.45) is 5.92 Å². The molecule has 0 N–H and O–H groups in total. The van der Waals surface area contributed by atoms with Gasteiger partial charge in [-0.1, -0.05) is 26.0 Å². The van der Waals surface area contributed by atoms with Crippen molar-refractivity contribution in [1.82, 2.24) is 14.9 Å². The number of para-hydroxylation sites is 2. The molecule has 1 amide bonds. The number of amides is 1. The summed E-state index contributed by atoms with van der Waals surface area (Å²) in [5.74, 6) is 0.798. The minimum atomic E-state index is -0.463. The van der Waals surface area contributed by atoms with E-state index in [1.807, 2.05) is 29.2 Å². The van der Waals surface area contributed by atoms with Crippen molar-refractivity contribution in [3.63, 3.8) is 0 Å². The maximum Gasteiger partial charge on any atom is 0.360 e. The standard InChI is InChI=1S/C22H30N4O3/c1-4-29-22(28)20-21(24-18-9-6-5-8-17(18)23-20)26-13-7-12-25(14-15-26)19(27)11-10-16(2)3/h5-6,8-9,16H,4,7,10-15H2,1-3H3. The Balaban J connectivity index is 1.82. The zero-order chi connectivity index (χ0) is 20.8. The maximum atomic E-state index is 12.5. The molecule has 7 nitrogen and oxygen atoms in total. The van der Waals surface area contributed by atoms with Gasteiger partial charge < -0.3 is 14.5 Å². The highest BCUT2D eigenvalue weighted by Gasteiger charge is 2.25. The molecule has 1 aromatic heterocycles. The van der Waals surface area contributed by atoms with Gasteiger partial charge in [-0.25, -0.2) is 14.8 Å². The summed E-state index contributed by atoms with van der Waals surface area (Å²) in [4.78, 5) is 38.3. The fraction of sp³-hybridized carbons (Fsp3) is 0.545. The van der Waals surface area contributed by atoms with Gasteiger partial charge in [0, 0.05) is 32.6 Å². The van der Waals surface area contributed by atoms with Crippen molar-refractivity contribution in [2.45, 2.75) is 40.0 Å². The third kappa shape index (κ3) is 5.22. The molecule has 0 aliphatic carbocycles. The number of esters is 1. The van der Waals surface area contributed by atoms with Crippen molar-refractivity contribution in [2.75, 3.05) is 37.7 Å². The predicted octanol–water partition coefficient (Wildman–Crippen LogP) is 3.28. The Morgan fingerprint density at radius 1 is 1.07 bits per heavy atom. The van der Waals surface area contributed by atoms with Crippen molar-refractivity contribution < 1.29 is 14.3 Å². The Bertz CT molecular complexity index is 868. The largest absolute Gasteiger partial charge is 0.461 e. The molecule has 1 aliphatic rings. The molecule has 0 radical (unpaired) electrons. The number of nitrogens with zero attached hydrogens (tertiary/aromatic N) is 4. The Hall–Kier alpha value is -2.70. The van der Waals surface area contributed by atoms with E-state index in [1.54, 1.807) is 6.92 Å². The monoisotopic (exact) mass is 398 g/mol. The predicted molar refractivity (Wildman–Crippen MR) is 113 cm³/mol. The number of hydrogen-bond donors (Lipinski definition) is 0. The number of rotatable bonds is 6. The summed E-state index contributed by atoms with van der Waals surface area (Å²) in [6.07, 6.45) is 2.31. The van der Waals surface area contributed by atoms with Crippen LogP contribution in [-0.2, 0) is 9.53 Å². The third-order valence-corrected chi connectivity index (χ3v) is 5.10. The van der Waals surface area contributed by atoms with Gasteiger partial charge in [0.1, 0.15) is 0 Å². The molecule has 0 unspecified atom stereocenters. The average molecular weight is 399 g/mol. The minimum absolute atomic E-state index is 0.204. The minimum Gasteiger partial charge on any atom is -0.461 e. The quantitative estimate of drug-likeness (QED) is 0.695. The second-order valence-corrected chi connectivity index (χ2v) is 7.76. The van der Waals surface area contributed by atoms with E-state index in [-0.39, 0.29) is 18.2 Å². The molecule has 1 fully saturated rings. The smallest absolute Gasteiger partial charge is 0.360 e. The molecule has 0 bridgehead atoms. The van der Waals surface area contributed by atoms with Crippen LogP contribution in [0.15, 0.2) is 24.3 Å². The fourth-order valence-corrected chi connectivity index (χ4v) is 3.50. The van der Waals surface area contributed by atoms with E-state index in [2.05, 4.69) is 23.7 Å². The summed E-state index contributed by atoms with van der Waals surface area (Å²) in [7, 11) is 0. The van der Waals surface area contributed by atoms with Gasteiger partial charge in [-0.2, -0.15) is 0 Å². The zero-order valence-corrected chi connectivity index (χ0v) is 17.6. The van der Waals surface area contributed by atoms with Crippen molar-refractivity contribution in [1.29, 1.82) is 0 Å². The van der Waals surface area contributed by atoms with Crippen molar-refractivity contribution in [3.8, 4) is 0 Å². The summed E-state index contributed by atoms with van der Waals surface area (Å²) in [5, 5.41) is 0. The summed E-state index contributed by atoms with van der Waals surface area (Å²) in [6, 6.07) is 7.51. The van der Waals surface area contributed by atoms with Crippen molar-refractivity contribution >= 4 is 28.7 Å². The van der Waals surface area contributed by atoms with Crippen LogP contribution >= 0.6 is 0 Å². The maximum absolute atomic E-state index is 12.5. The van der Waals surface area contributed by atoms with Crippen LogP contribution in [0.1, 0.15) is 50.5 Å². The second kappa shape index (κ2) is 9.67. The van der Waals surface area contributed by atoms with Crippen molar-refractivity contribution in [3.05, 3.63) is 30.0 Å². The first-order valence-electron chi connectivity index (χ1n) is 10.5. The average Bonchev–Trinajstić information content (AvgIpc) is 2.97. The van der Waals surface area contributed by atoms with Gasteiger partial charge in [-0.05, 0) is 37.8 Å². The van der Waals surface area contributed by atoms with Crippen LogP contribution in [0.4, 0.5) is 5.82 Å². The first-order chi connectivity index (χ1) is 14.0. The summed E-state index contributed by atoms with van der Waals surface area (Å²) in [6.45, 7) is 9.00. The third-order valence-electron chi connectivity index (χ3n) is 5.10. The van der Waals surface area contributed by atoms with Crippen LogP contribution in [0.2, 0.25) is 0 Å². The van der Waals surface area contributed by atoms with Crippen LogP contribution < -0.4 is 4.90 Å². The lowest BCUT2D eigenvalue weighted by Crippen LogP contribution is -2.36. The molecule has 7 heteroatoms. The molecule has 29 heavy (non-hydrogen) atoms. The Morgan fingerprint density at radius 2 is 1.79 bits per heavy atom. The number of carbonyl (C=O) groups is 2. The molecular weight excluding hydrogens is 368 g/mol. The lowest BCUT2D eigenvalue weighted by molar-refractivity contribution is -0.131. The van der Waals surface area contributed by atoms with Crippen LogP contribution in [0, 0.1) is 5.92 Å². The molecular formula is C22H30N4O3. The van der Waals surface area contributed by atoms with E-state index in [0.717, 1.165) is 24.9 Å². The van der Waals surface area contributed by atoms with Crippen LogP contribution in [0.5, 0.6) is 0 Å². The van der Waals surface area contributed by atoms with Gasteiger partial charge in [0.05, 0.1) is 17.6 Å². The molecule has 2 heterocycles. The fourth-order valence-electron chi connectivity index (χ4n) is 3.50. The highest BCUT2D eigenvalue weighted by molar-refractivity contribution is 5.95. The van der Waals surface area contributed by atoms with Crippen LogP contribution in [0.3, 0.4) is 0 Å². The van der Waals surface area contributed by atoms with Crippen LogP contribution in [-0.4, -0.2) is 59.5 Å². The molecule has 0 spiro atoms. The number of hydrogen-bond acceptors (Lipinski definition) is 6. The molecule has 0 saturated carbocycles. The molecule has 156 valence electrons. The number of anilines is 1. The Labute approximate surface area is 172 Å². The number of ether oxygens (including phenoxy) is 1. The zero-order valence-electron chi connectivity index (χ0n) is 17.6. The summed E-state index contributed by atoms with van der Waals surface area (Å²) >= 11 is 0. The van der Waals surface area contributed by atoms with Gasteiger partial charge in [0.15, 0.2) is 11.5 Å². The number of carbonyl (C=O) groups excluding carboxylic acids is 2. The summed E-state index contributed by atoms with van der Waals surface area (Å²) in [5.41, 5.74) is 1.65. The Kier molecular flexibility index (Phi) is 7.01. The second-order valence-electron chi connectivity index (χ2n) is 7.76. The topological polar surface area (TPSA) is 75.6 Å². The first kappa shape index (κ1) is 21.0. The first-order valence-corrected chi connectivity index (χ1v) is 10.5. The van der Waals surface area contributed by atoms with E-state index in [0.29, 0.717) is 43.3 Å². The van der Waals surface area contributed by atoms with Crippen LogP contribution in [0.25, 0.3) is 11.0 Å². The highest BCUT2D eigenvalue weighted by atomic mass is 16.5.